The number of aromatic nitrogens is 1. The van der Waals surface area contributed by atoms with Crippen molar-refractivity contribution in [1.82, 2.24) is 9.88 Å². The van der Waals surface area contributed by atoms with Gasteiger partial charge in [-0.05, 0) is 48.0 Å². The lowest BCUT2D eigenvalue weighted by Gasteiger charge is -2.39. The van der Waals surface area contributed by atoms with E-state index in [9.17, 15) is 18.3 Å². The number of nitrogens with zero attached hydrogens (tertiary/aromatic N) is 2. The summed E-state index contributed by atoms with van der Waals surface area (Å²) in [6.45, 7) is 2.65. The summed E-state index contributed by atoms with van der Waals surface area (Å²) in [5.41, 5.74) is 1.97. The van der Waals surface area contributed by atoms with Crippen molar-refractivity contribution in [1.29, 1.82) is 0 Å². The maximum Gasteiger partial charge on any atom is 0.490 e. The number of halogens is 4. The minimum Gasteiger partial charge on any atom is -0.490 e. The molecule has 0 bridgehead atoms. The minimum absolute atomic E-state index is 0.124. The smallest absolute Gasteiger partial charge is 0.490 e. The molecule has 37 heavy (non-hydrogen) atoms. The van der Waals surface area contributed by atoms with E-state index in [2.05, 4.69) is 9.88 Å². The predicted octanol–water partition coefficient (Wildman–Crippen LogP) is 4.73. The Hall–Kier alpha value is -3.08. The molecular weight excluding hydrogens is 513 g/mol. The first kappa shape index (κ1) is 27.0. The van der Waals surface area contributed by atoms with E-state index < -0.39 is 18.2 Å². The molecule has 2 aliphatic rings. The normalized spacial score (nSPS) is 17.4. The molecule has 0 aliphatic carbocycles. The van der Waals surface area contributed by atoms with Crippen LogP contribution in [0.15, 0.2) is 54.7 Å². The number of likely N-dealkylation sites (tertiary alicyclic amines) is 1. The van der Waals surface area contributed by atoms with Crippen molar-refractivity contribution in [3.8, 4) is 11.5 Å². The van der Waals surface area contributed by atoms with Crippen LogP contribution in [-0.4, -0.2) is 70.2 Å². The summed E-state index contributed by atoms with van der Waals surface area (Å²) in [6, 6.07) is 15.6. The second-order valence-corrected chi connectivity index (χ2v) is 9.54. The maximum atomic E-state index is 10.6. The van der Waals surface area contributed by atoms with Gasteiger partial charge in [0.05, 0.1) is 5.52 Å². The van der Waals surface area contributed by atoms with E-state index in [4.69, 9.17) is 31.0 Å². The number of fused-ring (bicyclic) bond motifs is 2. The maximum absolute atomic E-state index is 10.6. The number of hydrogen-bond donors (Lipinski definition) is 2. The van der Waals surface area contributed by atoms with Crippen molar-refractivity contribution in [3.63, 3.8) is 0 Å². The Labute approximate surface area is 216 Å². The van der Waals surface area contributed by atoms with Crippen molar-refractivity contribution >= 4 is 28.5 Å². The Bertz CT molecular complexity index is 1240. The molecule has 7 nitrogen and oxygen atoms in total. The largest absolute Gasteiger partial charge is 0.490 e. The number of alkyl halides is 3. The number of pyridine rings is 1. The molecule has 1 aromatic heterocycles. The van der Waals surface area contributed by atoms with E-state index in [0.29, 0.717) is 6.54 Å². The van der Waals surface area contributed by atoms with Crippen LogP contribution in [0.3, 0.4) is 0 Å². The van der Waals surface area contributed by atoms with Crippen molar-refractivity contribution in [2.24, 2.45) is 0 Å². The van der Waals surface area contributed by atoms with Gasteiger partial charge in [-0.3, -0.25) is 4.98 Å². The molecule has 0 saturated carbocycles. The molecule has 0 amide bonds. The van der Waals surface area contributed by atoms with Crippen LogP contribution in [0.5, 0.6) is 11.5 Å². The molecular formula is C26H26ClF3N2O5. The Balaban J connectivity index is 0.000000405. The molecule has 3 aromatic rings. The molecule has 1 spiro atoms. The third-order valence-electron chi connectivity index (χ3n) is 6.38. The van der Waals surface area contributed by atoms with Crippen LogP contribution in [0, 0.1) is 0 Å². The zero-order chi connectivity index (χ0) is 26.6. The summed E-state index contributed by atoms with van der Waals surface area (Å²) >= 11 is 6.13. The molecule has 2 aliphatic heterocycles. The summed E-state index contributed by atoms with van der Waals surface area (Å²) in [4.78, 5) is 15.5. The molecule has 1 fully saturated rings. The number of rotatable bonds is 5. The van der Waals surface area contributed by atoms with Gasteiger partial charge in [0, 0.05) is 55.5 Å². The molecule has 198 valence electrons. The Morgan fingerprint density at radius 1 is 1.19 bits per heavy atom. The van der Waals surface area contributed by atoms with Crippen molar-refractivity contribution in [2.45, 2.75) is 37.1 Å². The molecule has 1 saturated heterocycles. The first-order valence-corrected chi connectivity index (χ1v) is 12.1. The highest BCUT2D eigenvalue weighted by molar-refractivity contribution is 6.30. The van der Waals surface area contributed by atoms with Crippen LogP contribution in [0.4, 0.5) is 13.2 Å². The number of carboxylic acid groups (broad SMARTS) is 1. The first-order chi connectivity index (χ1) is 17.5. The van der Waals surface area contributed by atoms with Crippen LogP contribution >= 0.6 is 11.6 Å². The molecule has 3 heterocycles. The summed E-state index contributed by atoms with van der Waals surface area (Å²) < 4.78 is 44.0. The second-order valence-electron chi connectivity index (χ2n) is 9.11. The number of ether oxygens (including phenoxy) is 2. The Morgan fingerprint density at radius 2 is 1.92 bits per heavy atom. The van der Waals surface area contributed by atoms with Gasteiger partial charge in [-0.25, -0.2) is 4.79 Å². The number of benzene rings is 2. The SMILES string of the molecule is O=C(O)C(F)(F)F.O[C@H](COc1cccc2ncccc12)CN1CCC2(CC1)Cc1cc(Cl)ccc1O2. The molecule has 2 aromatic carbocycles. The molecule has 5 rings (SSSR count). The van der Waals surface area contributed by atoms with Crippen LogP contribution in [-0.2, 0) is 11.2 Å². The lowest BCUT2D eigenvalue weighted by Crippen LogP contribution is -2.49. The fraction of sp³-hybridized carbons (Fsp3) is 0.385. The van der Waals surface area contributed by atoms with E-state index in [-0.39, 0.29) is 12.2 Å². The molecule has 0 radical (unpaired) electrons. The van der Waals surface area contributed by atoms with E-state index >= 15 is 0 Å². The van der Waals surface area contributed by atoms with E-state index in [1.807, 2.05) is 48.5 Å². The van der Waals surface area contributed by atoms with Gasteiger partial charge in [-0.15, -0.1) is 0 Å². The number of piperidine rings is 1. The fourth-order valence-corrected chi connectivity index (χ4v) is 4.76. The number of carboxylic acids is 1. The van der Waals surface area contributed by atoms with Crippen molar-refractivity contribution in [3.05, 3.63) is 65.3 Å². The summed E-state index contributed by atoms with van der Waals surface area (Å²) in [5.74, 6) is -1.04. The lowest BCUT2D eigenvalue weighted by molar-refractivity contribution is -0.192. The standard InChI is InChI=1S/C24H25ClN2O3.C2HF3O2/c25-18-6-7-22-17(13-18)14-24(30-22)8-11-27(12-9-24)15-19(28)16-29-23-5-1-4-21-20(23)3-2-10-26-21;3-2(4,5)1(6)7/h1-7,10,13,19,28H,8-9,11-12,14-16H2;(H,6,7)/t19-;/m0./s1. The molecule has 1 atom stereocenters. The third-order valence-corrected chi connectivity index (χ3v) is 6.61. The van der Waals surface area contributed by atoms with Crippen molar-refractivity contribution in [2.75, 3.05) is 26.2 Å². The number of β-amino-alcohol motifs (C(OH)–C–C–N with tert-alkyl or cyclic N) is 1. The molecule has 11 heteroatoms. The number of aliphatic hydroxyl groups is 1. The molecule has 2 N–H and O–H groups in total. The monoisotopic (exact) mass is 538 g/mol. The van der Waals surface area contributed by atoms with Crippen LogP contribution in [0.2, 0.25) is 5.02 Å². The van der Waals surface area contributed by atoms with E-state index in [0.717, 1.165) is 59.8 Å². The zero-order valence-corrected chi connectivity index (χ0v) is 20.5. The van der Waals surface area contributed by atoms with Gasteiger partial charge in [0.15, 0.2) is 0 Å². The quantitative estimate of drug-likeness (QED) is 0.485. The summed E-state index contributed by atoms with van der Waals surface area (Å²) in [6.07, 6.45) is -1.06. The Morgan fingerprint density at radius 3 is 2.62 bits per heavy atom. The number of carbonyl (C=O) groups is 1. The van der Waals surface area contributed by atoms with E-state index in [1.54, 1.807) is 6.20 Å². The van der Waals surface area contributed by atoms with Gasteiger partial charge in [-0.2, -0.15) is 13.2 Å². The average molecular weight is 539 g/mol. The van der Waals surface area contributed by atoms with Crippen LogP contribution < -0.4 is 9.47 Å². The average Bonchev–Trinajstić information content (AvgIpc) is 3.21. The van der Waals surface area contributed by atoms with Crippen LogP contribution in [0.25, 0.3) is 10.9 Å². The van der Waals surface area contributed by atoms with Crippen LogP contribution in [0.1, 0.15) is 18.4 Å². The Kier molecular flexibility index (Phi) is 8.11. The highest BCUT2D eigenvalue weighted by Gasteiger charge is 2.42. The van der Waals surface area contributed by atoms with E-state index in [1.165, 1.54) is 5.56 Å². The lowest BCUT2D eigenvalue weighted by atomic mass is 9.87. The first-order valence-electron chi connectivity index (χ1n) is 11.7. The fourth-order valence-electron chi connectivity index (χ4n) is 4.56. The summed E-state index contributed by atoms with van der Waals surface area (Å²) in [5, 5.41) is 19.4. The topological polar surface area (TPSA) is 92.1 Å². The highest BCUT2D eigenvalue weighted by Crippen LogP contribution is 2.42. The van der Waals surface area contributed by atoms with Gasteiger partial charge < -0.3 is 24.6 Å². The minimum atomic E-state index is -5.08. The second kappa shape index (κ2) is 11.1. The van der Waals surface area contributed by atoms with Gasteiger partial charge in [0.2, 0.25) is 0 Å². The number of hydrogen-bond acceptors (Lipinski definition) is 6. The van der Waals surface area contributed by atoms with Gasteiger partial charge >= 0.3 is 12.1 Å². The number of aliphatic hydroxyl groups excluding tert-OH is 1. The molecule has 0 unspecified atom stereocenters. The van der Waals surface area contributed by atoms with Gasteiger partial charge in [0.25, 0.3) is 0 Å². The predicted molar refractivity (Wildman–Crippen MR) is 131 cm³/mol. The third kappa shape index (κ3) is 6.82. The number of aliphatic carboxylic acids is 1. The highest BCUT2D eigenvalue weighted by atomic mass is 35.5. The van der Waals surface area contributed by atoms with Crippen molar-refractivity contribution < 1.29 is 37.7 Å². The summed E-state index contributed by atoms with van der Waals surface area (Å²) in [7, 11) is 0. The van der Waals surface area contributed by atoms with Gasteiger partial charge in [0.1, 0.15) is 29.8 Å². The van der Waals surface area contributed by atoms with Gasteiger partial charge in [-0.1, -0.05) is 17.7 Å². The zero-order valence-electron chi connectivity index (χ0n) is 19.7.